The molecular formula is C12H24N2O2. The fourth-order valence-electron chi connectivity index (χ4n) is 2.33. The van der Waals surface area contributed by atoms with Gasteiger partial charge in [0.25, 0.3) is 0 Å². The van der Waals surface area contributed by atoms with Crippen molar-refractivity contribution in [2.24, 2.45) is 5.41 Å². The third-order valence-electron chi connectivity index (χ3n) is 3.72. The van der Waals surface area contributed by atoms with Gasteiger partial charge in [-0.15, -0.1) is 0 Å². The lowest BCUT2D eigenvalue weighted by molar-refractivity contribution is -0.134. The van der Waals surface area contributed by atoms with Crippen LogP contribution in [0, 0.1) is 5.41 Å². The van der Waals surface area contributed by atoms with Gasteiger partial charge in [-0.3, -0.25) is 4.79 Å². The number of methoxy groups -OCH3 is 1. The summed E-state index contributed by atoms with van der Waals surface area (Å²) in [5.41, 5.74) is 0.107. The topological polar surface area (TPSA) is 41.6 Å². The van der Waals surface area contributed by atoms with Gasteiger partial charge in [0.15, 0.2) is 0 Å². The number of amides is 1. The van der Waals surface area contributed by atoms with Crippen LogP contribution >= 0.6 is 0 Å². The van der Waals surface area contributed by atoms with Crippen LogP contribution in [0.15, 0.2) is 0 Å². The van der Waals surface area contributed by atoms with Gasteiger partial charge in [-0.2, -0.15) is 0 Å². The Balaban J connectivity index is 2.49. The second-order valence-electron chi connectivity index (χ2n) is 5.46. The Hall–Kier alpha value is -0.610. The molecule has 1 aliphatic carbocycles. The maximum Gasteiger partial charge on any atom is 0.238 e. The highest BCUT2D eigenvalue weighted by molar-refractivity contribution is 5.80. The molecule has 0 aromatic heterocycles. The lowest BCUT2D eigenvalue weighted by Crippen LogP contribution is -2.63. The van der Waals surface area contributed by atoms with Crippen molar-refractivity contribution in [1.29, 1.82) is 0 Å². The minimum absolute atomic E-state index is 0.107. The Morgan fingerprint density at radius 3 is 2.44 bits per heavy atom. The monoisotopic (exact) mass is 228 g/mol. The van der Waals surface area contributed by atoms with Crippen molar-refractivity contribution in [2.45, 2.75) is 45.4 Å². The van der Waals surface area contributed by atoms with E-state index in [1.807, 2.05) is 6.92 Å². The summed E-state index contributed by atoms with van der Waals surface area (Å²) in [6, 6.07) is 0.230. The molecule has 1 rings (SSSR count). The molecule has 0 spiro atoms. The van der Waals surface area contributed by atoms with E-state index < -0.39 is 0 Å². The van der Waals surface area contributed by atoms with Gasteiger partial charge in [0.2, 0.25) is 5.91 Å². The molecule has 0 bridgehead atoms. The molecule has 1 amide bonds. The van der Waals surface area contributed by atoms with Gasteiger partial charge in [0.05, 0.1) is 12.1 Å². The van der Waals surface area contributed by atoms with Gasteiger partial charge < -0.3 is 15.0 Å². The first kappa shape index (κ1) is 13.5. The van der Waals surface area contributed by atoms with Crippen molar-refractivity contribution >= 4 is 5.91 Å². The number of nitrogens with one attached hydrogen (secondary N) is 1. The zero-order chi connectivity index (χ0) is 12.5. The Bertz CT molecular complexity index is 264. The first-order chi connectivity index (χ1) is 7.30. The summed E-state index contributed by atoms with van der Waals surface area (Å²) in [4.78, 5) is 13.3. The molecule has 1 saturated carbocycles. The summed E-state index contributed by atoms with van der Waals surface area (Å²) < 4.78 is 5.39. The SMILES string of the molecule is COC1CC(NC(C)C(=O)N(C)C)C1(C)C. The summed E-state index contributed by atoms with van der Waals surface area (Å²) in [5, 5.41) is 3.38. The van der Waals surface area contributed by atoms with Crippen molar-refractivity contribution in [2.75, 3.05) is 21.2 Å². The molecule has 16 heavy (non-hydrogen) atoms. The number of hydrogen-bond donors (Lipinski definition) is 1. The molecule has 94 valence electrons. The predicted octanol–water partition coefficient (Wildman–Crippen LogP) is 0.866. The highest BCUT2D eigenvalue weighted by Crippen LogP contribution is 2.42. The fourth-order valence-corrected chi connectivity index (χ4v) is 2.33. The van der Waals surface area contributed by atoms with Gasteiger partial charge in [0.1, 0.15) is 0 Å². The molecule has 0 aliphatic heterocycles. The molecule has 1 aliphatic rings. The molecule has 3 unspecified atom stereocenters. The maximum absolute atomic E-state index is 11.7. The summed E-state index contributed by atoms with van der Waals surface area (Å²) >= 11 is 0. The van der Waals surface area contributed by atoms with Crippen LogP contribution in [0.5, 0.6) is 0 Å². The zero-order valence-corrected chi connectivity index (χ0v) is 11.2. The average molecular weight is 228 g/mol. The molecule has 0 heterocycles. The molecule has 1 N–H and O–H groups in total. The second kappa shape index (κ2) is 4.72. The summed E-state index contributed by atoms with van der Waals surface area (Å²) in [7, 11) is 5.31. The van der Waals surface area contributed by atoms with E-state index >= 15 is 0 Å². The van der Waals surface area contributed by atoms with E-state index in [4.69, 9.17) is 4.74 Å². The molecule has 0 saturated heterocycles. The van der Waals surface area contributed by atoms with Crippen LogP contribution in [-0.2, 0) is 9.53 Å². The molecule has 0 aromatic carbocycles. The van der Waals surface area contributed by atoms with Gasteiger partial charge in [-0.05, 0) is 13.3 Å². The molecular weight excluding hydrogens is 204 g/mol. The third kappa shape index (κ3) is 2.38. The van der Waals surface area contributed by atoms with Crippen molar-refractivity contribution in [3.05, 3.63) is 0 Å². The van der Waals surface area contributed by atoms with E-state index in [1.54, 1.807) is 26.1 Å². The van der Waals surface area contributed by atoms with E-state index in [-0.39, 0.29) is 17.4 Å². The Labute approximate surface area is 98.3 Å². The zero-order valence-electron chi connectivity index (χ0n) is 11.2. The number of carbonyl (C=O) groups is 1. The average Bonchev–Trinajstić information content (AvgIpc) is 2.21. The molecule has 0 radical (unpaired) electrons. The normalized spacial score (nSPS) is 29.4. The van der Waals surface area contributed by atoms with Gasteiger partial charge in [-0.25, -0.2) is 0 Å². The van der Waals surface area contributed by atoms with E-state index in [0.717, 1.165) is 6.42 Å². The second-order valence-corrected chi connectivity index (χ2v) is 5.46. The maximum atomic E-state index is 11.7. The van der Waals surface area contributed by atoms with E-state index in [2.05, 4.69) is 19.2 Å². The first-order valence-electron chi connectivity index (χ1n) is 5.80. The third-order valence-corrected chi connectivity index (χ3v) is 3.72. The summed E-state index contributed by atoms with van der Waals surface area (Å²) in [5.74, 6) is 0.122. The van der Waals surface area contributed by atoms with E-state index in [9.17, 15) is 4.79 Å². The molecule has 4 heteroatoms. The Morgan fingerprint density at radius 1 is 1.50 bits per heavy atom. The summed E-state index contributed by atoms with van der Waals surface area (Å²) in [6.45, 7) is 6.27. The van der Waals surface area contributed by atoms with Crippen molar-refractivity contribution in [3.8, 4) is 0 Å². The minimum Gasteiger partial charge on any atom is -0.381 e. The number of rotatable bonds is 4. The van der Waals surface area contributed by atoms with Crippen LogP contribution in [0.25, 0.3) is 0 Å². The Kier molecular flexibility index (Phi) is 3.97. The number of likely N-dealkylation sites (N-methyl/N-ethyl adjacent to an activating group) is 1. The van der Waals surface area contributed by atoms with Crippen molar-refractivity contribution in [3.63, 3.8) is 0 Å². The van der Waals surface area contributed by atoms with E-state index in [1.165, 1.54) is 0 Å². The van der Waals surface area contributed by atoms with Crippen LogP contribution < -0.4 is 5.32 Å². The van der Waals surface area contributed by atoms with Gasteiger partial charge in [-0.1, -0.05) is 13.8 Å². The van der Waals surface area contributed by atoms with Crippen LogP contribution in [-0.4, -0.2) is 50.2 Å². The smallest absolute Gasteiger partial charge is 0.238 e. The number of nitrogens with zero attached hydrogens (tertiary/aromatic N) is 1. The van der Waals surface area contributed by atoms with Gasteiger partial charge >= 0.3 is 0 Å². The molecule has 0 aromatic rings. The quantitative estimate of drug-likeness (QED) is 0.776. The molecule has 1 fully saturated rings. The first-order valence-corrected chi connectivity index (χ1v) is 5.80. The van der Waals surface area contributed by atoms with Crippen LogP contribution in [0.1, 0.15) is 27.2 Å². The molecule has 4 nitrogen and oxygen atoms in total. The van der Waals surface area contributed by atoms with Gasteiger partial charge in [0, 0.05) is 32.7 Å². The minimum atomic E-state index is -0.128. The molecule has 3 atom stereocenters. The Morgan fingerprint density at radius 2 is 2.06 bits per heavy atom. The van der Waals surface area contributed by atoms with Crippen molar-refractivity contribution < 1.29 is 9.53 Å². The number of hydrogen-bond acceptors (Lipinski definition) is 3. The predicted molar refractivity (Wildman–Crippen MR) is 64.3 cm³/mol. The highest BCUT2D eigenvalue weighted by atomic mass is 16.5. The lowest BCUT2D eigenvalue weighted by atomic mass is 9.64. The highest BCUT2D eigenvalue weighted by Gasteiger charge is 2.49. The largest absolute Gasteiger partial charge is 0.381 e. The van der Waals surface area contributed by atoms with E-state index in [0.29, 0.717) is 12.1 Å². The van der Waals surface area contributed by atoms with Crippen LogP contribution in [0.4, 0.5) is 0 Å². The van der Waals surface area contributed by atoms with Crippen LogP contribution in [0.2, 0.25) is 0 Å². The van der Waals surface area contributed by atoms with Crippen molar-refractivity contribution in [1.82, 2.24) is 10.2 Å². The lowest BCUT2D eigenvalue weighted by Gasteiger charge is -2.52. The standard InChI is InChI=1S/C12H24N2O2/c1-8(11(15)14(4)5)13-9-7-10(16-6)12(9,2)3/h8-10,13H,7H2,1-6H3. The number of ether oxygens (including phenoxy) is 1. The summed E-state index contributed by atoms with van der Waals surface area (Å²) in [6.07, 6.45) is 1.28. The fraction of sp³-hybridized carbons (Fsp3) is 0.917. The van der Waals surface area contributed by atoms with Crippen LogP contribution in [0.3, 0.4) is 0 Å². The number of carbonyl (C=O) groups excluding carboxylic acids is 1.